The van der Waals surface area contributed by atoms with Crippen molar-refractivity contribution >= 4 is 27.5 Å². The van der Waals surface area contributed by atoms with E-state index in [1.807, 2.05) is 0 Å². The highest BCUT2D eigenvalue weighted by Crippen LogP contribution is 2.24. The van der Waals surface area contributed by atoms with Crippen molar-refractivity contribution in [2.24, 2.45) is 0 Å². The van der Waals surface area contributed by atoms with E-state index in [9.17, 15) is 23.1 Å². The number of nitrogens with zero attached hydrogens (tertiary/aromatic N) is 1. The van der Waals surface area contributed by atoms with E-state index in [0.717, 1.165) is 12.3 Å². The van der Waals surface area contributed by atoms with Gasteiger partial charge in [-0.3, -0.25) is 9.59 Å². The van der Waals surface area contributed by atoms with E-state index >= 15 is 0 Å². The third-order valence-electron chi connectivity index (χ3n) is 3.77. The Morgan fingerprint density at radius 2 is 2.12 bits per heavy atom. The Morgan fingerprint density at radius 1 is 1.40 bits per heavy atom. The fraction of sp³-hybridized carbons (Fsp3) is 0.375. The van der Waals surface area contributed by atoms with Crippen LogP contribution < -0.4 is 10.0 Å². The molecule has 2 amide bonds. The van der Waals surface area contributed by atoms with Gasteiger partial charge in [-0.25, -0.2) is 13.1 Å². The van der Waals surface area contributed by atoms with Crippen molar-refractivity contribution in [2.45, 2.75) is 18.9 Å². The third kappa shape index (κ3) is 5.30. The minimum Gasteiger partial charge on any atom is -0.507 e. The lowest BCUT2D eigenvalue weighted by atomic mass is 10.0. The normalized spacial score (nSPS) is 17.8. The van der Waals surface area contributed by atoms with Crippen LogP contribution in [0.5, 0.6) is 5.75 Å². The summed E-state index contributed by atoms with van der Waals surface area (Å²) in [6, 6.07) is 3.81. The van der Waals surface area contributed by atoms with Crippen LogP contribution in [0.2, 0.25) is 0 Å². The molecule has 1 aromatic carbocycles. The number of phenolic OH excluding ortho intramolecular Hbond substituents is 1. The molecule has 0 aromatic heterocycles. The van der Waals surface area contributed by atoms with Gasteiger partial charge in [0, 0.05) is 24.8 Å². The molecular weight excluding hydrogens is 346 g/mol. The van der Waals surface area contributed by atoms with Gasteiger partial charge >= 0.3 is 0 Å². The molecule has 136 valence electrons. The predicted octanol–water partition coefficient (Wildman–Crippen LogP) is 0.670. The molecule has 1 unspecified atom stereocenters. The number of nitrogens with one attached hydrogen (secondary N) is 2. The summed E-state index contributed by atoms with van der Waals surface area (Å²) < 4.78 is 25.2. The molecule has 1 fully saturated rings. The highest BCUT2D eigenvalue weighted by Gasteiger charge is 2.27. The van der Waals surface area contributed by atoms with Gasteiger partial charge in [-0.1, -0.05) is 6.58 Å². The Balaban J connectivity index is 2.17. The maximum Gasteiger partial charge on any atom is 0.257 e. The minimum absolute atomic E-state index is 0.0434. The van der Waals surface area contributed by atoms with Crippen LogP contribution in [0.4, 0.5) is 5.69 Å². The Kier molecular flexibility index (Phi) is 5.81. The van der Waals surface area contributed by atoms with Gasteiger partial charge in [0.2, 0.25) is 15.9 Å². The zero-order valence-corrected chi connectivity index (χ0v) is 14.7. The van der Waals surface area contributed by atoms with Gasteiger partial charge in [0.25, 0.3) is 5.91 Å². The van der Waals surface area contributed by atoms with Crippen molar-refractivity contribution in [3.05, 3.63) is 36.4 Å². The van der Waals surface area contributed by atoms with Crippen LogP contribution in [-0.4, -0.2) is 55.6 Å². The first-order valence-corrected chi connectivity index (χ1v) is 9.62. The number of benzene rings is 1. The molecule has 1 aromatic rings. The van der Waals surface area contributed by atoms with Crippen LogP contribution in [0.15, 0.2) is 30.9 Å². The van der Waals surface area contributed by atoms with Crippen LogP contribution in [-0.2, 0) is 14.8 Å². The first-order chi connectivity index (χ1) is 11.7. The van der Waals surface area contributed by atoms with E-state index in [-0.39, 0.29) is 23.9 Å². The molecule has 1 atom stereocenters. The van der Waals surface area contributed by atoms with E-state index in [1.54, 1.807) is 0 Å². The smallest absolute Gasteiger partial charge is 0.257 e. The lowest BCUT2D eigenvalue weighted by Crippen LogP contribution is -2.49. The number of phenols is 1. The molecule has 0 spiro atoms. The zero-order valence-electron chi connectivity index (χ0n) is 13.9. The number of hydrogen-bond acceptors (Lipinski definition) is 5. The lowest BCUT2D eigenvalue weighted by Gasteiger charge is -2.33. The SMILES string of the molecule is C=CC(=O)Nc1ccc(O)c(C(=O)N2CCCC(NS(C)(=O)=O)C2)c1. The molecule has 3 N–H and O–H groups in total. The van der Waals surface area contributed by atoms with Crippen molar-refractivity contribution in [1.29, 1.82) is 0 Å². The summed E-state index contributed by atoms with van der Waals surface area (Å²) >= 11 is 0. The maximum absolute atomic E-state index is 12.7. The number of likely N-dealkylation sites (tertiary alicyclic amines) is 1. The van der Waals surface area contributed by atoms with Crippen LogP contribution in [0.25, 0.3) is 0 Å². The average Bonchev–Trinajstić information content (AvgIpc) is 2.54. The van der Waals surface area contributed by atoms with Gasteiger partial charge in [0.1, 0.15) is 5.75 Å². The number of carbonyl (C=O) groups excluding carboxylic acids is 2. The quantitative estimate of drug-likeness (QED) is 0.523. The van der Waals surface area contributed by atoms with Crippen molar-refractivity contribution in [1.82, 2.24) is 9.62 Å². The van der Waals surface area contributed by atoms with Crippen molar-refractivity contribution < 1.29 is 23.1 Å². The van der Waals surface area contributed by atoms with Gasteiger partial charge in [-0.15, -0.1) is 0 Å². The van der Waals surface area contributed by atoms with E-state index in [0.29, 0.717) is 25.1 Å². The van der Waals surface area contributed by atoms with Gasteiger partial charge in [0.05, 0.1) is 11.8 Å². The van der Waals surface area contributed by atoms with E-state index < -0.39 is 21.8 Å². The summed E-state index contributed by atoms with van der Waals surface area (Å²) in [6.45, 7) is 4.03. The molecule has 8 nitrogen and oxygen atoms in total. The Morgan fingerprint density at radius 3 is 2.76 bits per heavy atom. The Labute approximate surface area is 146 Å². The minimum atomic E-state index is -3.36. The Bertz CT molecular complexity index is 791. The summed E-state index contributed by atoms with van der Waals surface area (Å²) in [5.41, 5.74) is 0.399. The molecule has 0 saturated carbocycles. The van der Waals surface area contributed by atoms with E-state index in [2.05, 4.69) is 16.6 Å². The van der Waals surface area contributed by atoms with E-state index in [4.69, 9.17) is 0 Å². The van der Waals surface area contributed by atoms with Crippen molar-refractivity contribution in [3.8, 4) is 5.75 Å². The number of rotatable bonds is 5. The summed E-state index contributed by atoms with van der Waals surface area (Å²) in [4.78, 5) is 25.6. The maximum atomic E-state index is 12.7. The van der Waals surface area contributed by atoms with Gasteiger partial charge < -0.3 is 15.3 Å². The summed E-state index contributed by atoms with van der Waals surface area (Å²) in [5, 5.41) is 12.5. The second kappa shape index (κ2) is 7.66. The zero-order chi connectivity index (χ0) is 18.6. The molecule has 1 heterocycles. The molecule has 0 bridgehead atoms. The van der Waals surface area contributed by atoms with Crippen LogP contribution in [0.3, 0.4) is 0 Å². The number of hydrogen-bond donors (Lipinski definition) is 3. The number of aromatic hydroxyl groups is 1. The molecule has 9 heteroatoms. The van der Waals surface area contributed by atoms with Crippen LogP contribution in [0.1, 0.15) is 23.2 Å². The molecule has 0 aliphatic carbocycles. The first-order valence-electron chi connectivity index (χ1n) is 7.72. The lowest BCUT2D eigenvalue weighted by molar-refractivity contribution is -0.111. The summed E-state index contributed by atoms with van der Waals surface area (Å²) in [7, 11) is -3.36. The topological polar surface area (TPSA) is 116 Å². The van der Waals surface area contributed by atoms with Gasteiger partial charge in [-0.05, 0) is 37.1 Å². The second-order valence-electron chi connectivity index (χ2n) is 5.91. The van der Waals surface area contributed by atoms with Crippen LogP contribution >= 0.6 is 0 Å². The fourth-order valence-electron chi connectivity index (χ4n) is 2.71. The molecule has 1 aliphatic heterocycles. The molecule has 0 radical (unpaired) electrons. The van der Waals surface area contributed by atoms with Gasteiger partial charge in [-0.2, -0.15) is 0 Å². The largest absolute Gasteiger partial charge is 0.507 e. The average molecular weight is 367 g/mol. The van der Waals surface area contributed by atoms with Crippen molar-refractivity contribution in [3.63, 3.8) is 0 Å². The standard InChI is InChI=1S/C16H21N3O5S/c1-3-15(21)17-11-6-7-14(20)13(9-11)16(22)19-8-4-5-12(10-19)18-25(2,23)24/h3,6-7,9,12,18,20H,1,4-5,8,10H2,2H3,(H,17,21). The van der Waals surface area contributed by atoms with Gasteiger partial charge in [0.15, 0.2) is 0 Å². The molecule has 1 aliphatic rings. The molecular formula is C16H21N3O5S. The number of carbonyl (C=O) groups is 2. The molecule has 25 heavy (non-hydrogen) atoms. The monoisotopic (exact) mass is 367 g/mol. The molecule has 2 rings (SSSR count). The summed E-state index contributed by atoms with van der Waals surface area (Å²) in [5.74, 6) is -1.06. The van der Waals surface area contributed by atoms with E-state index in [1.165, 1.54) is 23.1 Å². The Hall–Kier alpha value is -2.39. The molecule has 1 saturated heterocycles. The third-order valence-corrected chi connectivity index (χ3v) is 4.53. The highest BCUT2D eigenvalue weighted by molar-refractivity contribution is 7.88. The number of sulfonamides is 1. The fourth-order valence-corrected chi connectivity index (χ4v) is 3.51. The summed E-state index contributed by atoms with van der Waals surface area (Å²) in [6.07, 6.45) is 3.45. The predicted molar refractivity (Wildman–Crippen MR) is 93.8 cm³/mol. The number of amides is 2. The highest BCUT2D eigenvalue weighted by atomic mass is 32.2. The van der Waals surface area contributed by atoms with Crippen LogP contribution in [0, 0.1) is 0 Å². The van der Waals surface area contributed by atoms with Crippen molar-refractivity contribution in [2.75, 3.05) is 24.7 Å². The first kappa shape index (κ1) is 18.9. The number of anilines is 1. The second-order valence-corrected chi connectivity index (χ2v) is 7.69. The number of piperidine rings is 1.